The standard InChI is InChI=1S/C5H10N2O5S/c8-5(9)6-13(10,11)7-1-3-12-4-2-7/h6H,1-4H2,(H,8,9). The van der Waals surface area contributed by atoms with E-state index in [2.05, 4.69) is 0 Å². The zero-order chi connectivity index (χ0) is 9.90. The van der Waals surface area contributed by atoms with E-state index >= 15 is 0 Å². The van der Waals surface area contributed by atoms with Crippen LogP contribution in [0.5, 0.6) is 0 Å². The Hall–Kier alpha value is -0.860. The number of rotatable bonds is 2. The molecule has 7 nitrogen and oxygen atoms in total. The maximum absolute atomic E-state index is 11.2. The molecule has 0 atom stereocenters. The summed E-state index contributed by atoms with van der Waals surface area (Å²) < 4.78 is 29.7. The molecule has 0 aliphatic carbocycles. The van der Waals surface area contributed by atoms with Crippen molar-refractivity contribution in [1.82, 2.24) is 9.03 Å². The Kier molecular flexibility index (Phi) is 3.07. The lowest BCUT2D eigenvalue weighted by molar-refractivity contribution is 0.0724. The van der Waals surface area contributed by atoms with Crippen LogP contribution in [0.4, 0.5) is 4.79 Å². The number of carbonyl (C=O) groups is 1. The van der Waals surface area contributed by atoms with E-state index in [0.717, 1.165) is 4.31 Å². The Morgan fingerprint density at radius 3 is 2.38 bits per heavy atom. The highest BCUT2D eigenvalue weighted by Gasteiger charge is 2.25. The van der Waals surface area contributed by atoms with Gasteiger partial charge in [-0.25, -0.2) is 9.52 Å². The van der Waals surface area contributed by atoms with Gasteiger partial charge in [0.1, 0.15) is 0 Å². The summed E-state index contributed by atoms with van der Waals surface area (Å²) in [7, 11) is -3.88. The summed E-state index contributed by atoms with van der Waals surface area (Å²) in [5, 5.41) is 8.23. The van der Waals surface area contributed by atoms with E-state index in [1.165, 1.54) is 4.72 Å². The predicted octanol–water partition coefficient (Wildman–Crippen LogP) is -1.17. The second kappa shape index (κ2) is 3.90. The number of ether oxygens (including phenoxy) is 1. The highest BCUT2D eigenvalue weighted by molar-refractivity contribution is 7.87. The average molecular weight is 210 g/mol. The van der Waals surface area contributed by atoms with Gasteiger partial charge in [0, 0.05) is 13.1 Å². The monoisotopic (exact) mass is 210 g/mol. The van der Waals surface area contributed by atoms with Crippen LogP contribution in [0.25, 0.3) is 0 Å². The number of hydrogen-bond acceptors (Lipinski definition) is 4. The second-order valence-electron chi connectivity index (χ2n) is 2.42. The number of nitrogens with zero attached hydrogens (tertiary/aromatic N) is 1. The molecule has 0 radical (unpaired) electrons. The fraction of sp³-hybridized carbons (Fsp3) is 0.800. The second-order valence-corrected chi connectivity index (χ2v) is 4.09. The van der Waals surface area contributed by atoms with Crippen molar-refractivity contribution < 1.29 is 23.1 Å². The van der Waals surface area contributed by atoms with Crippen molar-refractivity contribution in [3.8, 4) is 0 Å². The van der Waals surface area contributed by atoms with E-state index in [1.807, 2.05) is 0 Å². The van der Waals surface area contributed by atoms with Crippen LogP contribution in [0.3, 0.4) is 0 Å². The van der Waals surface area contributed by atoms with Crippen molar-refractivity contribution in [1.29, 1.82) is 0 Å². The molecule has 0 unspecified atom stereocenters. The SMILES string of the molecule is O=C(O)NS(=O)(=O)N1CCOCC1. The lowest BCUT2D eigenvalue weighted by Gasteiger charge is -2.25. The minimum atomic E-state index is -3.88. The molecule has 1 rings (SSSR count). The van der Waals surface area contributed by atoms with Crippen LogP contribution >= 0.6 is 0 Å². The molecule has 13 heavy (non-hydrogen) atoms. The van der Waals surface area contributed by atoms with Gasteiger partial charge in [-0.1, -0.05) is 0 Å². The zero-order valence-corrected chi connectivity index (χ0v) is 7.58. The average Bonchev–Trinajstić information content (AvgIpc) is 2.04. The maximum atomic E-state index is 11.2. The molecule has 0 aromatic carbocycles. The van der Waals surface area contributed by atoms with E-state index in [0.29, 0.717) is 13.2 Å². The number of carboxylic acid groups (broad SMARTS) is 1. The van der Waals surface area contributed by atoms with Gasteiger partial charge >= 0.3 is 16.3 Å². The molecule has 0 aromatic rings. The van der Waals surface area contributed by atoms with Crippen molar-refractivity contribution >= 4 is 16.3 Å². The Morgan fingerprint density at radius 2 is 1.92 bits per heavy atom. The highest BCUT2D eigenvalue weighted by Crippen LogP contribution is 2.02. The van der Waals surface area contributed by atoms with Crippen LogP contribution in [-0.4, -0.2) is 50.2 Å². The van der Waals surface area contributed by atoms with E-state index in [4.69, 9.17) is 9.84 Å². The van der Waals surface area contributed by atoms with E-state index in [-0.39, 0.29) is 13.1 Å². The first-order valence-corrected chi connectivity index (χ1v) is 5.05. The Bertz CT molecular complexity index is 281. The number of nitrogens with one attached hydrogen (secondary N) is 1. The van der Waals surface area contributed by atoms with Crippen molar-refractivity contribution in [2.45, 2.75) is 0 Å². The smallest absolute Gasteiger partial charge is 0.419 e. The summed E-state index contributed by atoms with van der Waals surface area (Å²) in [4.78, 5) is 10.1. The van der Waals surface area contributed by atoms with E-state index in [1.54, 1.807) is 0 Å². The van der Waals surface area contributed by atoms with Crippen molar-refractivity contribution in [2.75, 3.05) is 26.3 Å². The maximum Gasteiger partial charge on any atom is 0.419 e. The Balaban J connectivity index is 2.62. The quantitative estimate of drug-likeness (QED) is 0.598. The lowest BCUT2D eigenvalue weighted by atomic mass is 10.5. The van der Waals surface area contributed by atoms with Crippen LogP contribution in [0.2, 0.25) is 0 Å². The van der Waals surface area contributed by atoms with Crippen molar-refractivity contribution in [3.05, 3.63) is 0 Å². The first kappa shape index (κ1) is 10.2. The zero-order valence-electron chi connectivity index (χ0n) is 6.76. The van der Waals surface area contributed by atoms with Crippen LogP contribution in [-0.2, 0) is 14.9 Å². The molecule has 0 saturated carbocycles. The lowest BCUT2D eigenvalue weighted by Crippen LogP contribution is -2.47. The molecule has 1 amide bonds. The summed E-state index contributed by atoms with van der Waals surface area (Å²) in [5.41, 5.74) is 0. The summed E-state index contributed by atoms with van der Waals surface area (Å²) in [6, 6.07) is 0. The first-order valence-electron chi connectivity index (χ1n) is 3.61. The summed E-state index contributed by atoms with van der Waals surface area (Å²) in [6.07, 6.45) is -1.58. The predicted molar refractivity (Wildman–Crippen MR) is 42.5 cm³/mol. The molecule has 76 valence electrons. The molecule has 2 N–H and O–H groups in total. The summed E-state index contributed by atoms with van der Waals surface area (Å²) in [6.45, 7) is 0.951. The fourth-order valence-electron chi connectivity index (χ4n) is 0.962. The largest absolute Gasteiger partial charge is 0.464 e. The minimum Gasteiger partial charge on any atom is -0.464 e. The molecule has 8 heteroatoms. The van der Waals surface area contributed by atoms with E-state index in [9.17, 15) is 13.2 Å². The van der Waals surface area contributed by atoms with Gasteiger partial charge in [-0.2, -0.15) is 12.7 Å². The summed E-state index contributed by atoms with van der Waals surface area (Å²) in [5.74, 6) is 0. The van der Waals surface area contributed by atoms with Crippen molar-refractivity contribution in [2.24, 2.45) is 0 Å². The van der Waals surface area contributed by atoms with Crippen LogP contribution in [0.1, 0.15) is 0 Å². The topological polar surface area (TPSA) is 95.9 Å². The Morgan fingerprint density at radius 1 is 1.38 bits per heavy atom. The Labute approximate surface area is 75.5 Å². The van der Waals surface area contributed by atoms with Gasteiger partial charge in [0.2, 0.25) is 0 Å². The summed E-state index contributed by atoms with van der Waals surface area (Å²) >= 11 is 0. The number of hydrogen-bond donors (Lipinski definition) is 2. The number of amides is 1. The van der Waals surface area contributed by atoms with Crippen LogP contribution in [0.15, 0.2) is 0 Å². The molecule has 1 aliphatic heterocycles. The van der Waals surface area contributed by atoms with Gasteiger partial charge in [-0.3, -0.25) is 0 Å². The molecular formula is C5H10N2O5S. The fourth-order valence-corrected chi connectivity index (χ4v) is 1.94. The molecule has 1 heterocycles. The van der Waals surface area contributed by atoms with Gasteiger partial charge in [-0.05, 0) is 0 Å². The molecule has 0 aromatic heterocycles. The first-order chi connectivity index (χ1) is 6.02. The molecular weight excluding hydrogens is 200 g/mol. The van der Waals surface area contributed by atoms with Gasteiger partial charge in [-0.15, -0.1) is 0 Å². The van der Waals surface area contributed by atoms with Gasteiger partial charge in [0.25, 0.3) is 0 Å². The number of morpholine rings is 1. The molecule has 1 saturated heterocycles. The third-order valence-corrected chi connectivity index (χ3v) is 3.00. The third-order valence-electron chi connectivity index (χ3n) is 1.53. The van der Waals surface area contributed by atoms with Gasteiger partial charge in [0.05, 0.1) is 13.2 Å². The minimum absolute atomic E-state index is 0.183. The molecule has 0 spiro atoms. The molecule has 0 bridgehead atoms. The van der Waals surface area contributed by atoms with Crippen LogP contribution < -0.4 is 4.72 Å². The molecule has 1 aliphatic rings. The third kappa shape index (κ3) is 2.83. The normalized spacial score (nSPS) is 19.7. The highest BCUT2D eigenvalue weighted by atomic mass is 32.2. The van der Waals surface area contributed by atoms with E-state index < -0.39 is 16.3 Å². The molecule has 1 fully saturated rings. The van der Waals surface area contributed by atoms with Gasteiger partial charge in [0.15, 0.2) is 0 Å². The van der Waals surface area contributed by atoms with Gasteiger partial charge < -0.3 is 9.84 Å². The van der Waals surface area contributed by atoms with Crippen molar-refractivity contribution in [3.63, 3.8) is 0 Å². The van der Waals surface area contributed by atoms with Crippen LogP contribution in [0, 0.1) is 0 Å².